The van der Waals surface area contributed by atoms with E-state index >= 15 is 0 Å². The van der Waals surface area contributed by atoms with E-state index in [1.54, 1.807) is 25.1 Å². The van der Waals surface area contributed by atoms with Crippen molar-refractivity contribution < 1.29 is 18.6 Å². The van der Waals surface area contributed by atoms with Crippen molar-refractivity contribution in [3.63, 3.8) is 0 Å². The number of anilines is 1. The lowest BCUT2D eigenvalue weighted by Crippen LogP contribution is -2.44. The predicted molar refractivity (Wildman–Crippen MR) is 133 cm³/mol. The van der Waals surface area contributed by atoms with Crippen LogP contribution in [0.25, 0.3) is 16.8 Å². The van der Waals surface area contributed by atoms with E-state index in [-0.39, 0.29) is 11.7 Å². The summed E-state index contributed by atoms with van der Waals surface area (Å²) < 4.78 is 33.0. The van der Waals surface area contributed by atoms with Gasteiger partial charge in [0.05, 0.1) is 11.4 Å². The Hall–Kier alpha value is -3.63. The van der Waals surface area contributed by atoms with Crippen LogP contribution < -0.4 is 15.0 Å². The molecule has 37 heavy (non-hydrogen) atoms. The van der Waals surface area contributed by atoms with Gasteiger partial charge in [0.15, 0.2) is 0 Å². The second kappa shape index (κ2) is 8.19. The van der Waals surface area contributed by atoms with Gasteiger partial charge in [-0.15, -0.1) is 0 Å². The summed E-state index contributed by atoms with van der Waals surface area (Å²) in [5.41, 5.74) is 3.12. The highest BCUT2D eigenvalue weighted by atomic mass is 19.3. The lowest BCUT2D eigenvalue weighted by molar-refractivity contribution is -0.0506. The van der Waals surface area contributed by atoms with Gasteiger partial charge in [-0.05, 0) is 38.0 Å². The van der Waals surface area contributed by atoms with Crippen molar-refractivity contribution in [3.8, 4) is 16.9 Å². The molecule has 0 saturated carbocycles. The van der Waals surface area contributed by atoms with E-state index in [9.17, 15) is 13.9 Å². The van der Waals surface area contributed by atoms with E-state index in [4.69, 9.17) is 9.72 Å². The first-order chi connectivity index (χ1) is 17.9. The molecule has 2 fully saturated rings. The molecule has 4 atom stereocenters. The van der Waals surface area contributed by atoms with Crippen molar-refractivity contribution in [1.82, 2.24) is 24.7 Å². The number of nitrogens with zero attached hydrogens (tertiary/aromatic N) is 5. The van der Waals surface area contributed by atoms with Crippen LogP contribution >= 0.6 is 0 Å². The van der Waals surface area contributed by atoms with Crippen LogP contribution in [0.1, 0.15) is 42.6 Å². The second-order valence-corrected chi connectivity index (χ2v) is 10.4. The summed E-state index contributed by atoms with van der Waals surface area (Å²) in [4.78, 5) is 16.3. The SMILES string of the molecule is CC1(O)C[C@H](c2ccccc2OC(F)F)c2c1nc1ccc(-c3cnc(N4C[C@@H]5C[C@H]4CN5)nc3)cn21. The summed E-state index contributed by atoms with van der Waals surface area (Å²) in [7, 11) is 0. The fourth-order valence-corrected chi connectivity index (χ4v) is 6.21. The number of alkyl halides is 2. The number of benzene rings is 1. The molecule has 3 aromatic heterocycles. The number of nitrogens with one attached hydrogen (secondary N) is 1. The average Bonchev–Trinajstić information content (AvgIpc) is 3.65. The van der Waals surface area contributed by atoms with Crippen LogP contribution in [0, 0.1) is 0 Å². The first-order valence-corrected chi connectivity index (χ1v) is 12.5. The highest BCUT2D eigenvalue weighted by Crippen LogP contribution is 2.49. The van der Waals surface area contributed by atoms with Crippen LogP contribution in [0.5, 0.6) is 5.75 Å². The van der Waals surface area contributed by atoms with Gasteiger partial charge in [0.25, 0.3) is 0 Å². The molecule has 3 aliphatic rings. The molecule has 1 aromatic carbocycles. The van der Waals surface area contributed by atoms with Crippen molar-refractivity contribution in [1.29, 1.82) is 0 Å². The summed E-state index contributed by atoms with van der Waals surface area (Å²) in [6.07, 6.45) is 7.06. The van der Waals surface area contributed by atoms with E-state index in [0.29, 0.717) is 35.4 Å². The molecule has 1 aliphatic carbocycles. The van der Waals surface area contributed by atoms with Crippen molar-refractivity contribution in [2.24, 2.45) is 0 Å². The zero-order valence-electron chi connectivity index (χ0n) is 20.2. The number of piperazine rings is 1. The van der Waals surface area contributed by atoms with Gasteiger partial charge in [0.1, 0.15) is 17.0 Å². The van der Waals surface area contributed by atoms with Crippen molar-refractivity contribution in [2.45, 2.75) is 50.0 Å². The minimum absolute atomic E-state index is 0.104. The molecule has 0 spiro atoms. The number of pyridine rings is 1. The van der Waals surface area contributed by atoms with Gasteiger partial charge < -0.3 is 24.5 Å². The third kappa shape index (κ3) is 3.66. The number of para-hydroxylation sites is 1. The Morgan fingerprint density at radius 2 is 1.95 bits per heavy atom. The van der Waals surface area contributed by atoms with Crippen LogP contribution in [0.2, 0.25) is 0 Å². The third-order valence-electron chi connectivity index (χ3n) is 7.89. The van der Waals surface area contributed by atoms with Crippen molar-refractivity contribution in [3.05, 3.63) is 71.9 Å². The molecule has 2 aliphatic heterocycles. The molecule has 0 radical (unpaired) electrons. The van der Waals surface area contributed by atoms with E-state index < -0.39 is 12.2 Å². The fourth-order valence-electron chi connectivity index (χ4n) is 6.21. The molecule has 4 aromatic rings. The number of fused-ring (bicyclic) bond motifs is 5. The molecule has 190 valence electrons. The lowest BCUT2D eigenvalue weighted by atomic mass is 9.93. The quantitative estimate of drug-likeness (QED) is 0.429. The maximum Gasteiger partial charge on any atom is 0.387 e. The number of imidazole rings is 1. The van der Waals surface area contributed by atoms with Gasteiger partial charge in [-0.3, -0.25) is 0 Å². The number of aliphatic hydroxyl groups is 1. The molecule has 0 amide bonds. The Kier molecular flexibility index (Phi) is 4.99. The minimum Gasteiger partial charge on any atom is -0.435 e. The molecule has 5 heterocycles. The summed E-state index contributed by atoms with van der Waals surface area (Å²) in [5.74, 6) is 0.476. The minimum atomic E-state index is -2.94. The summed E-state index contributed by atoms with van der Waals surface area (Å²) in [6.45, 7) is 0.665. The first kappa shape index (κ1) is 22.6. The van der Waals surface area contributed by atoms with E-state index in [1.165, 1.54) is 6.07 Å². The van der Waals surface area contributed by atoms with Crippen LogP contribution in [0.15, 0.2) is 55.0 Å². The number of rotatable bonds is 5. The molecule has 2 N–H and O–H groups in total. The fraction of sp³-hybridized carbons (Fsp3) is 0.370. The molecular weight excluding hydrogens is 478 g/mol. The number of aromatic nitrogens is 4. The van der Waals surface area contributed by atoms with Crippen LogP contribution in [-0.4, -0.2) is 56.2 Å². The summed E-state index contributed by atoms with van der Waals surface area (Å²) in [5, 5.41) is 14.7. The predicted octanol–water partition coefficient (Wildman–Crippen LogP) is 3.69. The molecule has 2 bridgehead atoms. The molecule has 8 nitrogen and oxygen atoms in total. The zero-order valence-corrected chi connectivity index (χ0v) is 20.2. The first-order valence-electron chi connectivity index (χ1n) is 12.5. The normalized spacial score (nSPS) is 26.4. The molecular formula is C27H26F2N6O2. The number of hydrogen-bond donors (Lipinski definition) is 2. The van der Waals surface area contributed by atoms with Gasteiger partial charge in [-0.2, -0.15) is 8.78 Å². The van der Waals surface area contributed by atoms with Gasteiger partial charge in [-0.25, -0.2) is 15.0 Å². The van der Waals surface area contributed by atoms with Gasteiger partial charge in [0, 0.05) is 66.4 Å². The highest BCUT2D eigenvalue weighted by Gasteiger charge is 2.45. The van der Waals surface area contributed by atoms with E-state index in [2.05, 4.69) is 20.2 Å². The Bertz CT molecular complexity index is 1490. The van der Waals surface area contributed by atoms with Crippen molar-refractivity contribution in [2.75, 3.05) is 18.0 Å². The van der Waals surface area contributed by atoms with Gasteiger partial charge >= 0.3 is 6.61 Å². The highest BCUT2D eigenvalue weighted by molar-refractivity contribution is 5.65. The summed E-state index contributed by atoms with van der Waals surface area (Å²) >= 11 is 0. The third-order valence-corrected chi connectivity index (χ3v) is 7.89. The standard InChI is InChI=1S/C27H26F2N6O2/c1-27(36)9-20(19-4-2-3-5-21(19)37-25(28)29)23-24(27)33-22-7-6-15(13-35(22)23)16-10-31-26(32-11-16)34-14-17-8-18(34)12-30-17/h2-7,10-11,13,17-18,20,25,30,36H,8-9,12,14H2,1H3/t17-,18-,20+,27?/m0/s1. The maximum absolute atomic E-state index is 13.1. The lowest BCUT2D eigenvalue weighted by Gasteiger charge is -2.27. The summed E-state index contributed by atoms with van der Waals surface area (Å²) in [6, 6.07) is 11.6. The Morgan fingerprint density at radius 1 is 1.14 bits per heavy atom. The van der Waals surface area contributed by atoms with E-state index in [1.807, 2.05) is 35.1 Å². The number of hydrogen-bond acceptors (Lipinski definition) is 7. The number of halogens is 2. The largest absolute Gasteiger partial charge is 0.435 e. The van der Waals surface area contributed by atoms with Gasteiger partial charge in [-0.1, -0.05) is 18.2 Å². The van der Waals surface area contributed by atoms with E-state index in [0.717, 1.165) is 42.3 Å². The second-order valence-electron chi connectivity index (χ2n) is 10.4. The van der Waals surface area contributed by atoms with Gasteiger partial charge in [0.2, 0.25) is 5.95 Å². The number of ether oxygens (including phenoxy) is 1. The van der Waals surface area contributed by atoms with Crippen LogP contribution in [-0.2, 0) is 5.60 Å². The molecule has 1 unspecified atom stereocenters. The van der Waals surface area contributed by atoms with Crippen LogP contribution in [0.3, 0.4) is 0 Å². The topological polar surface area (TPSA) is 87.8 Å². The average molecular weight is 505 g/mol. The monoisotopic (exact) mass is 504 g/mol. The Morgan fingerprint density at radius 3 is 2.68 bits per heavy atom. The maximum atomic E-state index is 13.1. The molecule has 7 rings (SSSR count). The Balaban J connectivity index is 1.28. The molecule has 10 heteroatoms. The van der Waals surface area contributed by atoms with Crippen molar-refractivity contribution >= 4 is 11.6 Å². The molecule has 2 saturated heterocycles. The smallest absolute Gasteiger partial charge is 0.387 e. The van der Waals surface area contributed by atoms with Crippen LogP contribution in [0.4, 0.5) is 14.7 Å². The Labute approximate surface area is 212 Å². The zero-order chi connectivity index (χ0) is 25.3.